The van der Waals surface area contributed by atoms with Gasteiger partial charge in [0, 0.05) is 18.2 Å². The molecule has 1 fully saturated rings. The summed E-state index contributed by atoms with van der Waals surface area (Å²) in [5.74, 6) is 0. The number of nitro benzene ring substituents is 1. The maximum atomic E-state index is 12.4. The molecule has 0 saturated heterocycles. The number of nitrogens with zero attached hydrogens (tertiary/aromatic N) is 1. The lowest BCUT2D eigenvalue weighted by Crippen LogP contribution is -2.34. The maximum absolute atomic E-state index is 12.4. The number of halogens is 1. The molecule has 0 radical (unpaired) electrons. The Morgan fingerprint density at radius 1 is 1.19 bits per heavy atom. The van der Waals surface area contributed by atoms with Crippen molar-refractivity contribution in [2.45, 2.75) is 49.5 Å². The van der Waals surface area contributed by atoms with Gasteiger partial charge in [0.1, 0.15) is 4.90 Å². The van der Waals surface area contributed by atoms with Crippen LogP contribution in [0.4, 0.5) is 5.69 Å². The fourth-order valence-electron chi connectivity index (χ4n) is 2.49. The number of benzene rings is 1. The van der Waals surface area contributed by atoms with E-state index in [0.29, 0.717) is 0 Å². The van der Waals surface area contributed by atoms with Gasteiger partial charge >= 0.3 is 0 Å². The summed E-state index contributed by atoms with van der Waals surface area (Å²) in [6.07, 6.45) is 5.74. The van der Waals surface area contributed by atoms with Crippen molar-refractivity contribution in [2.24, 2.45) is 0 Å². The van der Waals surface area contributed by atoms with Gasteiger partial charge in [-0.15, -0.1) is 0 Å². The Hall–Kier alpha value is -1.18. The van der Waals surface area contributed by atoms with Crippen LogP contribution in [0.15, 0.2) is 23.1 Å². The van der Waals surface area contributed by atoms with Crippen LogP contribution < -0.4 is 4.72 Å². The molecule has 0 aromatic heterocycles. The fourth-order valence-corrected chi connectivity index (χ4v) is 4.32. The molecule has 0 unspecified atom stereocenters. The van der Waals surface area contributed by atoms with Crippen LogP contribution in [0, 0.1) is 10.1 Å². The molecule has 0 aliphatic heterocycles. The van der Waals surface area contributed by atoms with Crippen LogP contribution in [0.3, 0.4) is 0 Å². The highest BCUT2D eigenvalue weighted by atomic mass is 35.5. The van der Waals surface area contributed by atoms with Gasteiger partial charge in [0.25, 0.3) is 5.69 Å². The second-order valence-corrected chi connectivity index (χ2v) is 7.27. The number of hydrogen-bond donors (Lipinski definition) is 1. The first-order valence-corrected chi connectivity index (χ1v) is 8.72. The average Bonchev–Trinajstić information content (AvgIpc) is 2.66. The molecule has 116 valence electrons. The van der Waals surface area contributed by atoms with Gasteiger partial charge in [-0.3, -0.25) is 10.1 Å². The van der Waals surface area contributed by atoms with Gasteiger partial charge in [-0.05, 0) is 18.9 Å². The van der Waals surface area contributed by atoms with Gasteiger partial charge < -0.3 is 0 Å². The van der Waals surface area contributed by atoms with E-state index in [1.165, 1.54) is 12.1 Å². The van der Waals surface area contributed by atoms with Crippen LogP contribution in [0.2, 0.25) is 5.02 Å². The zero-order chi connectivity index (χ0) is 15.5. The summed E-state index contributed by atoms with van der Waals surface area (Å²) in [5.41, 5.74) is -0.291. The second-order valence-electron chi connectivity index (χ2n) is 5.18. The van der Waals surface area contributed by atoms with E-state index in [-0.39, 0.29) is 21.6 Å². The number of sulfonamides is 1. The van der Waals surface area contributed by atoms with Gasteiger partial charge in [-0.1, -0.05) is 37.3 Å². The van der Waals surface area contributed by atoms with Crippen LogP contribution in [0.5, 0.6) is 0 Å². The van der Waals surface area contributed by atoms with Crippen molar-refractivity contribution in [3.8, 4) is 0 Å². The molecule has 0 atom stereocenters. The van der Waals surface area contributed by atoms with Crippen molar-refractivity contribution in [3.63, 3.8) is 0 Å². The SMILES string of the molecule is O=[N+]([O-])c1ccc(Cl)c(S(=O)(=O)NC2CCCCCC2)c1. The highest BCUT2D eigenvalue weighted by Crippen LogP contribution is 2.27. The van der Waals surface area contributed by atoms with Crippen LogP contribution >= 0.6 is 11.6 Å². The van der Waals surface area contributed by atoms with Gasteiger partial charge in [-0.25, -0.2) is 13.1 Å². The molecule has 0 spiro atoms. The summed E-state index contributed by atoms with van der Waals surface area (Å²) < 4.78 is 27.4. The van der Waals surface area contributed by atoms with Crippen molar-refractivity contribution in [2.75, 3.05) is 0 Å². The molecule has 0 heterocycles. The molecule has 0 bridgehead atoms. The van der Waals surface area contributed by atoms with E-state index in [2.05, 4.69) is 4.72 Å². The molecule has 1 aromatic rings. The monoisotopic (exact) mass is 332 g/mol. The lowest BCUT2D eigenvalue weighted by atomic mass is 10.1. The summed E-state index contributed by atoms with van der Waals surface area (Å²) in [5, 5.41) is 10.8. The molecule has 1 aliphatic rings. The molecule has 0 amide bonds. The number of rotatable bonds is 4. The first-order valence-electron chi connectivity index (χ1n) is 6.86. The van der Waals surface area contributed by atoms with Gasteiger partial charge in [0.05, 0.1) is 9.95 Å². The van der Waals surface area contributed by atoms with Crippen LogP contribution in [0.25, 0.3) is 0 Å². The number of non-ortho nitro benzene ring substituents is 1. The summed E-state index contributed by atoms with van der Waals surface area (Å²) in [6.45, 7) is 0. The van der Waals surface area contributed by atoms with E-state index in [1.807, 2.05) is 0 Å². The minimum Gasteiger partial charge on any atom is -0.258 e. The lowest BCUT2D eigenvalue weighted by Gasteiger charge is -2.16. The highest BCUT2D eigenvalue weighted by molar-refractivity contribution is 7.89. The normalized spacial score (nSPS) is 17.4. The van der Waals surface area contributed by atoms with E-state index < -0.39 is 14.9 Å². The molecule has 1 N–H and O–H groups in total. The van der Waals surface area contributed by atoms with Crippen molar-refractivity contribution < 1.29 is 13.3 Å². The Bertz CT molecular complexity index is 625. The van der Waals surface area contributed by atoms with Crippen LogP contribution in [0.1, 0.15) is 38.5 Å². The maximum Gasteiger partial charge on any atom is 0.270 e. The zero-order valence-corrected chi connectivity index (χ0v) is 13.0. The minimum absolute atomic E-state index is 0.0123. The van der Waals surface area contributed by atoms with Gasteiger partial charge in [0.15, 0.2) is 0 Å². The summed E-state index contributed by atoms with van der Waals surface area (Å²) >= 11 is 5.89. The quantitative estimate of drug-likeness (QED) is 0.520. The molecular formula is C13H17ClN2O4S. The van der Waals surface area contributed by atoms with E-state index in [9.17, 15) is 18.5 Å². The highest BCUT2D eigenvalue weighted by Gasteiger charge is 2.25. The summed E-state index contributed by atoms with van der Waals surface area (Å²) in [4.78, 5) is 9.90. The molecular weight excluding hydrogens is 316 g/mol. The summed E-state index contributed by atoms with van der Waals surface area (Å²) in [6, 6.07) is 3.29. The third-order valence-electron chi connectivity index (χ3n) is 3.59. The average molecular weight is 333 g/mol. The van der Waals surface area contributed by atoms with Gasteiger partial charge in [0.2, 0.25) is 10.0 Å². The predicted molar refractivity (Wildman–Crippen MR) is 79.9 cm³/mol. The number of nitrogens with one attached hydrogen (secondary N) is 1. The Morgan fingerprint density at radius 2 is 1.81 bits per heavy atom. The Balaban J connectivity index is 2.26. The molecule has 21 heavy (non-hydrogen) atoms. The molecule has 1 saturated carbocycles. The Kier molecular flexibility index (Phi) is 5.18. The van der Waals surface area contributed by atoms with E-state index in [1.54, 1.807) is 0 Å². The molecule has 2 rings (SSSR count). The topological polar surface area (TPSA) is 89.3 Å². The van der Waals surface area contributed by atoms with Crippen LogP contribution in [-0.2, 0) is 10.0 Å². The smallest absolute Gasteiger partial charge is 0.258 e. The minimum atomic E-state index is -3.85. The number of nitro groups is 1. The van der Waals surface area contributed by atoms with Crippen molar-refractivity contribution >= 4 is 27.3 Å². The first-order chi connectivity index (χ1) is 9.90. The largest absolute Gasteiger partial charge is 0.270 e. The molecule has 1 aliphatic carbocycles. The Labute approximate surface area is 128 Å². The van der Waals surface area contributed by atoms with Gasteiger partial charge in [-0.2, -0.15) is 0 Å². The Morgan fingerprint density at radius 3 is 2.38 bits per heavy atom. The first kappa shape index (κ1) is 16.2. The lowest BCUT2D eigenvalue weighted by molar-refractivity contribution is -0.385. The van der Waals surface area contributed by atoms with E-state index >= 15 is 0 Å². The molecule has 8 heteroatoms. The molecule has 6 nitrogen and oxygen atoms in total. The number of hydrogen-bond acceptors (Lipinski definition) is 4. The van der Waals surface area contributed by atoms with Crippen molar-refractivity contribution in [3.05, 3.63) is 33.3 Å². The third kappa shape index (κ3) is 4.15. The van der Waals surface area contributed by atoms with Crippen LogP contribution in [-0.4, -0.2) is 19.4 Å². The molecule has 1 aromatic carbocycles. The fraction of sp³-hybridized carbons (Fsp3) is 0.538. The standard InChI is InChI=1S/C13H17ClN2O4S/c14-12-8-7-11(16(17)18)9-13(12)21(19,20)15-10-5-3-1-2-4-6-10/h7-10,15H,1-6H2. The second kappa shape index (κ2) is 6.72. The van der Waals surface area contributed by atoms with Crippen molar-refractivity contribution in [1.29, 1.82) is 0 Å². The third-order valence-corrected chi connectivity index (χ3v) is 5.59. The predicted octanol–water partition coefficient (Wildman–Crippen LogP) is 3.25. The van der Waals surface area contributed by atoms with E-state index in [4.69, 9.17) is 11.6 Å². The van der Waals surface area contributed by atoms with Crippen molar-refractivity contribution in [1.82, 2.24) is 4.72 Å². The summed E-state index contributed by atoms with van der Waals surface area (Å²) in [7, 11) is -3.85. The zero-order valence-electron chi connectivity index (χ0n) is 11.4. The van der Waals surface area contributed by atoms with E-state index in [0.717, 1.165) is 44.6 Å².